The van der Waals surface area contributed by atoms with Crippen LogP contribution >= 0.6 is 22.9 Å². The zero-order chi connectivity index (χ0) is 19.2. The molecule has 0 saturated heterocycles. The predicted octanol–water partition coefficient (Wildman–Crippen LogP) is 4.79. The summed E-state index contributed by atoms with van der Waals surface area (Å²) in [5, 5.41) is 3.35. The number of halogens is 1. The molecule has 27 heavy (non-hydrogen) atoms. The number of Topliss-reactive ketones (excluding diaryl/α,β-unsaturated/α-hetero) is 1. The Morgan fingerprint density at radius 2 is 1.78 bits per heavy atom. The molecule has 0 aliphatic rings. The molecule has 0 atom stereocenters. The summed E-state index contributed by atoms with van der Waals surface area (Å²) in [5.41, 5.74) is 2.22. The van der Waals surface area contributed by atoms with E-state index in [1.807, 2.05) is 17.5 Å². The molecular formula is C20H16ClNO4S. The van der Waals surface area contributed by atoms with Crippen LogP contribution in [-0.2, 0) is 16.1 Å². The van der Waals surface area contributed by atoms with E-state index in [-0.39, 0.29) is 19.0 Å². The van der Waals surface area contributed by atoms with Gasteiger partial charge in [0.25, 0.3) is 0 Å². The lowest BCUT2D eigenvalue weighted by Crippen LogP contribution is -2.14. The van der Waals surface area contributed by atoms with E-state index < -0.39 is 5.97 Å². The monoisotopic (exact) mass is 401 g/mol. The van der Waals surface area contributed by atoms with Gasteiger partial charge < -0.3 is 9.47 Å². The third-order valence-electron chi connectivity index (χ3n) is 3.64. The van der Waals surface area contributed by atoms with E-state index in [1.54, 1.807) is 36.4 Å². The van der Waals surface area contributed by atoms with Crippen LogP contribution in [0.25, 0.3) is 10.6 Å². The molecule has 3 rings (SSSR count). The van der Waals surface area contributed by atoms with Crippen LogP contribution < -0.4 is 4.74 Å². The largest absolute Gasteiger partial charge is 0.482 e. The molecule has 0 bridgehead atoms. The topological polar surface area (TPSA) is 65.5 Å². The van der Waals surface area contributed by atoms with Gasteiger partial charge in [-0.25, -0.2) is 9.78 Å². The second-order valence-electron chi connectivity index (χ2n) is 5.68. The second-order valence-corrected chi connectivity index (χ2v) is 6.98. The zero-order valence-corrected chi connectivity index (χ0v) is 16.0. The lowest BCUT2D eigenvalue weighted by atomic mass is 10.1. The van der Waals surface area contributed by atoms with Crippen molar-refractivity contribution in [3.63, 3.8) is 0 Å². The molecule has 0 aliphatic carbocycles. The van der Waals surface area contributed by atoms with Crippen LogP contribution in [0.4, 0.5) is 0 Å². The normalized spacial score (nSPS) is 10.4. The van der Waals surface area contributed by atoms with E-state index in [0.717, 1.165) is 10.6 Å². The number of aromatic nitrogens is 1. The maximum absolute atomic E-state index is 11.8. The Hall–Kier alpha value is -2.70. The lowest BCUT2D eigenvalue weighted by Gasteiger charge is -2.06. The minimum Gasteiger partial charge on any atom is -0.482 e. The first-order valence-electron chi connectivity index (χ1n) is 8.11. The Balaban J connectivity index is 1.48. The molecule has 0 N–H and O–H groups in total. The summed E-state index contributed by atoms with van der Waals surface area (Å²) in [4.78, 5) is 27.5. The van der Waals surface area contributed by atoms with Crippen molar-refractivity contribution >= 4 is 34.7 Å². The summed E-state index contributed by atoms with van der Waals surface area (Å²) in [6.07, 6.45) is 0. The Bertz CT molecular complexity index is 935. The first-order valence-corrected chi connectivity index (χ1v) is 9.37. The van der Waals surface area contributed by atoms with E-state index in [4.69, 9.17) is 21.1 Å². The molecule has 1 heterocycles. The second kappa shape index (κ2) is 8.79. The quantitative estimate of drug-likeness (QED) is 0.420. The van der Waals surface area contributed by atoms with E-state index >= 15 is 0 Å². The Labute approximate surface area is 165 Å². The van der Waals surface area contributed by atoms with Crippen LogP contribution in [0.5, 0.6) is 5.75 Å². The number of carbonyl (C=O) groups excluding carboxylic acids is 2. The molecule has 0 radical (unpaired) electrons. The average Bonchev–Trinajstić information content (AvgIpc) is 3.14. The van der Waals surface area contributed by atoms with Gasteiger partial charge in [0.1, 0.15) is 17.4 Å². The number of thiazole rings is 1. The van der Waals surface area contributed by atoms with Crippen molar-refractivity contribution < 1.29 is 19.1 Å². The van der Waals surface area contributed by atoms with Crippen molar-refractivity contribution in [1.82, 2.24) is 4.98 Å². The number of carbonyl (C=O) groups is 2. The number of hydrogen-bond donors (Lipinski definition) is 0. The van der Waals surface area contributed by atoms with Gasteiger partial charge in [-0.05, 0) is 43.3 Å². The first-order chi connectivity index (χ1) is 13.0. The number of hydrogen-bond acceptors (Lipinski definition) is 6. The van der Waals surface area contributed by atoms with Gasteiger partial charge >= 0.3 is 5.97 Å². The minimum absolute atomic E-state index is 0.0257. The summed E-state index contributed by atoms with van der Waals surface area (Å²) in [6.45, 7) is 1.35. The summed E-state index contributed by atoms with van der Waals surface area (Å²) in [6, 6.07) is 14.0. The lowest BCUT2D eigenvalue weighted by molar-refractivity contribution is -0.147. The van der Waals surface area contributed by atoms with Gasteiger partial charge in [-0.15, -0.1) is 11.3 Å². The van der Waals surface area contributed by atoms with Crippen molar-refractivity contribution in [2.24, 2.45) is 0 Å². The van der Waals surface area contributed by atoms with Crippen LogP contribution in [0.3, 0.4) is 0 Å². The van der Waals surface area contributed by atoms with Gasteiger partial charge in [-0.3, -0.25) is 4.79 Å². The van der Waals surface area contributed by atoms with Crippen molar-refractivity contribution in [1.29, 1.82) is 0 Å². The minimum atomic E-state index is -0.494. The third-order valence-corrected chi connectivity index (χ3v) is 4.83. The van der Waals surface area contributed by atoms with E-state index in [0.29, 0.717) is 22.0 Å². The van der Waals surface area contributed by atoms with Crippen molar-refractivity contribution in [2.75, 3.05) is 6.61 Å². The summed E-state index contributed by atoms with van der Waals surface area (Å²) in [7, 11) is 0. The maximum Gasteiger partial charge on any atom is 0.344 e. The fourth-order valence-electron chi connectivity index (χ4n) is 2.22. The van der Waals surface area contributed by atoms with Crippen molar-refractivity contribution in [3.8, 4) is 16.3 Å². The standard InChI is InChI=1S/C20H16ClNO4S/c1-13(23)14-4-8-18(9-5-14)25-11-19(24)26-10-17-12-27-20(22-17)15-2-6-16(21)7-3-15/h2-9,12H,10-11H2,1H3. The fourth-order valence-corrected chi connectivity index (χ4v) is 3.16. The van der Waals surface area contributed by atoms with Crippen molar-refractivity contribution in [2.45, 2.75) is 13.5 Å². The van der Waals surface area contributed by atoms with Crippen LogP contribution in [0.15, 0.2) is 53.9 Å². The number of esters is 1. The maximum atomic E-state index is 11.8. The van der Waals surface area contributed by atoms with Crippen LogP contribution in [0.1, 0.15) is 23.0 Å². The molecule has 2 aromatic carbocycles. The van der Waals surface area contributed by atoms with Gasteiger partial charge in [-0.2, -0.15) is 0 Å². The number of rotatable bonds is 7. The van der Waals surface area contributed by atoms with Crippen LogP contribution in [0.2, 0.25) is 5.02 Å². The highest BCUT2D eigenvalue weighted by atomic mass is 35.5. The molecule has 0 fully saturated rings. The first kappa shape index (κ1) is 19.1. The summed E-state index contributed by atoms with van der Waals surface area (Å²) < 4.78 is 10.5. The highest BCUT2D eigenvalue weighted by Gasteiger charge is 2.09. The third kappa shape index (κ3) is 5.39. The Kier molecular flexibility index (Phi) is 6.21. The highest BCUT2D eigenvalue weighted by Crippen LogP contribution is 2.25. The number of nitrogens with zero attached hydrogens (tertiary/aromatic N) is 1. The van der Waals surface area contributed by atoms with Crippen molar-refractivity contribution in [3.05, 3.63) is 70.2 Å². The SMILES string of the molecule is CC(=O)c1ccc(OCC(=O)OCc2csc(-c3ccc(Cl)cc3)n2)cc1. The fraction of sp³-hybridized carbons (Fsp3) is 0.150. The van der Waals surface area contributed by atoms with E-state index in [9.17, 15) is 9.59 Å². The smallest absolute Gasteiger partial charge is 0.344 e. The molecule has 138 valence electrons. The zero-order valence-electron chi connectivity index (χ0n) is 14.5. The molecule has 0 aliphatic heterocycles. The van der Waals surface area contributed by atoms with Gasteiger partial charge in [0.2, 0.25) is 0 Å². The number of ketones is 1. The molecule has 1 aromatic heterocycles. The molecule has 0 amide bonds. The van der Waals surface area contributed by atoms with Gasteiger partial charge in [0.05, 0.1) is 5.69 Å². The van der Waals surface area contributed by atoms with Gasteiger partial charge in [-0.1, -0.05) is 23.7 Å². The van der Waals surface area contributed by atoms with E-state index in [1.165, 1.54) is 18.3 Å². The molecule has 0 spiro atoms. The molecule has 0 saturated carbocycles. The summed E-state index contributed by atoms with van der Waals surface area (Å²) in [5.74, 6) is -0.0236. The molecule has 7 heteroatoms. The van der Waals surface area contributed by atoms with Gasteiger partial charge in [0, 0.05) is 21.5 Å². The Morgan fingerprint density at radius 3 is 2.44 bits per heavy atom. The molecular weight excluding hydrogens is 386 g/mol. The van der Waals surface area contributed by atoms with Crippen LogP contribution in [-0.4, -0.2) is 23.3 Å². The number of ether oxygens (including phenoxy) is 2. The average molecular weight is 402 g/mol. The molecule has 3 aromatic rings. The van der Waals surface area contributed by atoms with Crippen LogP contribution in [0, 0.1) is 0 Å². The summed E-state index contributed by atoms with van der Waals surface area (Å²) >= 11 is 7.35. The predicted molar refractivity (Wildman–Crippen MR) is 104 cm³/mol. The molecule has 5 nitrogen and oxygen atoms in total. The van der Waals surface area contributed by atoms with Gasteiger partial charge in [0.15, 0.2) is 12.4 Å². The number of benzene rings is 2. The molecule has 0 unspecified atom stereocenters. The Morgan fingerprint density at radius 1 is 1.07 bits per heavy atom. The van der Waals surface area contributed by atoms with E-state index in [2.05, 4.69) is 4.98 Å². The highest BCUT2D eigenvalue weighted by molar-refractivity contribution is 7.13.